The van der Waals surface area contributed by atoms with Crippen LogP contribution in [0.15, 0.2) is 24.4 Å². The zero-order chi connectivity index (χ0) is 13.5. The van der Waals surface area contributed by atoms with Crippen molar-refractivity contribution in [1.29, 1.82) is 0 Å². The Morgan fingerprint density at radius 2 is 2.42 bits per heavy atom. The van der Waals surface area contributed by atoms with E-state index in [9.17, 15) is 0 Å². The highest BCUT2D eigenvalue weighted by Gasteiger charge is 2.27. The van der Waals surface area contributed by atoms with Gasteiger partial charge in [-0.3, -0.25) is 4.98 Å². The number of hydrogen-bond donors (Lipinski definition) is 1. The van der Waals surface area contributed by atoms with Crippen molar-refractivity contribution < 1.29 is 0 Å². The largest absolute Gasteiger partial charge is 0.312 e. The maximum absolute atomic E-state index is 4.48. The molecule has 1 saturated heterocycles. The van der Waals surface area contributed by atoms with Gasteiger partial charge in [0.25, 0.3) is 0 Å². The maximum Gasteiger partial charge on any atom is 0.0419 e. The predicted octanol–water partition coefficient (Wildman–Crippen LogP) is 2.04. The lowest BCUT2D eigenvalue weighted by atomic mass is 10.0. The van der Waals surface area contributed by atoms with Crippen LogP contribution in [-0.4, -0.2) is 53.6 Å². The maximum atomic E-state index is 4.48. The van der Waals surface area contributed by atoms with Gasteiger partial charge in [-0.2, -0.15) is 11.8 Å². The van der Waals surface area contributed by atoms with Crippen molar-refractivity contribution in [2.24, 2.45) is 0 Å². The molecule has 0 aliphatic carbocycles. The Morgan fingerprint density at radius 3 is 3.11 bits per heavy atom. The Morgan fingerprint density at radius 1 is 1.53 bits per heavy atom. The van der Waals surface area contributed by atoms with E-state index in [4.69, 9.17) is 0 Å². The molecule has 0 aromatic carbocycles. The van der Waals surface area contributed by atoms with E-state index in [2.05, 4.69) is 53.1 Å². The summed E-state index contributed by atoms with van der Waals surface area (Å²) in [4.78, 5) is 6.99. The molecule has 1 aromatic heterocycles. The van der Waals surface area contributed by atoms with Crippen LogP contribution < -0.4 is 5.32 Å². The summed E-state index contributed by atoms with van der Waals surface area (Å²) in [5, 5.41) is 3.72. The van der Waals surface area contributed by atoms with Crippen LogP contribution in [0.3, 0.4) is 0 Å². The summed E-state index contributed by atoms with van der Waals surface area (Å²) in [5.41, 5.74) is 1.19. The van der Waals surface area contributed by atoms with Crippen LogP contribution in [0.5, 0.6) is 0 Å². The third-order valence-electron chi connectivity index (χ3n) is 3.72. The molecule has 0 bridgehead atoms. The molecule has 1 aliphatic rings. The second-order valence-corrected chi connectivity index (χ2v) is 6.36. The zero-order valence-electron chi connectivity index (χ0n) is 12.0. The van der Waals surface area contributed by atoms with E-state index < -0.39 is 0 Å². The molecule has 0 spiro atoms. The minimum Gasteiger partial charge on any atom is -0.312 e. The first-order chi connectivity index (χ1) is 9.31. The highest BCUT2D eigenvalue weighted by atomic mass is 32.2. The van der Waals surface area contributed by atoms with E-state index in [0.29, 0.717) is 12.1 Å². The van der Waals surface area contributed by atoms with Crippen LogP contribution in [0.4, 0.5) is 0 Å². The molecule has 1 N–H and O–H groups in total. The van der Waals surface area contributed by atoms with Crippen LogP contribution in [-0.2, 0) is 6.42 Å². The van der Waals surface area contributed by atoms with Gasteiger partial charge in [0.15, 0.2) is 0 Å². The molecule has 106 valence electrons. The van der Waals surface area contributed by atoms with Crippen LogP contribution in [0.1, 0.15) is 19.0 Å². The van der Waals surface area contributed by atoms with Gasteiger partial charge in [0.2, 0.25) is 0 Å². The van der Waals surface area contributed by atoms with Gasteiger partial charge in [-0.1, -0.05) is 13.0 Å². The summed E-state index contributed by atoms with van der Waals surface area (Å²) in [6, 6.07) is 7.33. The highest BCUT2D eigenvalue weighted by Crippen LogP contribution is 2.19. The number of aromatic nitrogens is 1. The van der Waals surface area contributed by atoms with Gasteiger partial charge in [0.1, 0.15) is 0 Å². The Labute approximate surface area is 121 Å². The van der Waals surface area contributed by atoms with E-state index in [-0.39, 0.29) is 0 Å². The van der Waals surface area contributed by atoms with Crippen LogP contribution in [0.25, 0.3) is 0 Å². The summed E-state index contributed by atoms with van der Waals surface area (Å²) in [6.07, 6.45) is 4.10. The molecule has 2 rings (SSSR count). The lowest BCUT2D eigenvalue weighted by Gasteiger charge is -2.38. The number of rotatable bonds is 6. The smallest absolute Gasteiger partial charge is 0.0419 e. The molecule has 0 amide bonds. The summed E-state index contributed by atoms with van der Waals surface area (Å²) >= 11 is 2.08. The lowest BCUT2D eigenvalue weighted by molar-refractivity contribution is 0.213. The summed E-state index contributed by atoms with van der Waals surface area (Å²) < 4.78 is 0. The second kappa shape index (κ2) is 7.88. The van der Waals surface area contributed by atoms with Crippen molar-refractivity contribution in [3.63, 3.8) is 0 Å². The Kier molecular flexibility index (Phi) is 6.14. The fraction of sp³-hybridized carbons (Fsp3) is 0.667. The molecule has 19 heavy (non-hydrogen) atoms. The van der Waals surface area contributed by atoms with E-state index in [0.717, 1.165) is 13.0 Å². The average molecular weight is 279 g/mol. The first-order valence-corrected chi connectivity index (χ1v) is 8.38. The van der Waals surface area contributed by atoms with Crippen LogP contribution >= 0.6 is 11.8 Å². The minimum atomic E-state index is 0.507. The number of pyridine rings is 1. The molecular formula is C15H25N3S. The summed E-state index contributed by atoms with van der Waals surface area (Å²) in [6.45, 7) is 4.51. The van der Waals surface area contributed by atoms with Gasteiger partial charge in [-0.15, -0.1) is 0 Å². The molecule has 2 unspecified atom stereocenters. The molecule has 1 fully saturated rings. The van der Waals surface area contributed by atoms with Crippen LogP contribution in [0.2, 0.25) is 0 Å². The first-order valence-electron chi connectivity index (χ1n) is 7.22. The van der Waals surface area contributed by atoms with E-state index in [1.807, 2.05) is 12.3 Å². The third kappa shape index (κ3) is 4.48. The van der Waals surface area contributed by atoms with E-state index in [1.165, 1.54) is 30.2 Å². The Balaban J connectivity index is 2.02. The van der Waals surface area contributed by atoms with Gasteiger partial charge in [0, 0.05) is 48.4 Å². The number of hydrogen-bond acceptors (Lipinski definition) is 4. The van der Waals surface area contributed by atoms with E-state index in [1.54, 1.807) is 0 Å². The lowest BCUT2D eigenvalue weighted by Crippen LogP contribution is -2.53. The second-order valence-electron chi connectivity index (χ2n) is 5.21. The topological polar surface area (TPSA) is 28.2 Å². The first kappa shape index (κ1) is 14.8. The molecule has 1 aliphatic heterocycles. The van der Waals surface area contributed by atoms with Gasteiger partial charge >= 0.3 is 0 Å². The normalized spacial score (nSPS) is 22.3. The van der Waals surface area contributed by atoms with Gasteiger partial charge in [-0.05, 0) is 32.1 Å². The van der Waals surface area contributed by atoms with Crippen molar-refractivity contribution in [2.45, 2.75) is 31.8 Å². The molecule has 3 nitrogen and oxygen atoms in total. The van der Waals surface area contributed by atoms with Crippen molar-refractivity contribution in [3.05, 3.63) is 30.1 Å². The monoisotopic (exact) mass is 279 g/mol. The molecular weight excluding hydrogens is 254 g/mol. The Bertz CT molecular complexity index is 358. The van der Waals surface area contributed by atoms with Gasteiger partial charge in [0.05, 0.1) is 0 Å². The highest BCUT2D eigenvalue weighted by molar-refractivity contribution is 7.99. The molecule has 0 radical (unpaired) electrons. The minimum absolute atomic E-state index is 0.507. The molecule has 1 aromatic rings. The standard InChI is InChI=1S/C15H25N3S/c1-3-7-17-14(11-13-6-4-5-8-16-13)15-12-19-10-9-18(15)2/h4-6,8,14-15,17H,3,7,9-12H2,1-2H3. The molecule has 2 atom stereocenters. The summed E-state index contributed by atoms with van der Waals surface area (Å²) in [7, 11) is 2.25. The summed E-state index contributed by atoms with van der Waals surface area (Å²) in [5.74, 6) is 2.49. The molecule has 2 heterocycles. The van der Waals surface area contributed by atoms with Gasteiger partial charge in [-0.25, -0.2) is 0 Å². The van der Waals surface area contributed by atoms with Crippen LogP contribution in [0, 0.1) is 0 Å². The number of thioether (sulfide) groups is 1. The van der Waals surface area contributed by atoms with Crippen molar-refractivity contribution in [1.82, 2.24) is 15.2 Å². The fourth-order valence-electron chi connectivity index (χ4n) is 2.55. The van der Waals surface area contributed by atoms with Gasteiger partial charge < -0.3 is 10.2 Å². The van der Waals surface area contributed by atoms with Crippen molar-refractivity contribution in [3.8, 4) is 0 Å². The fourth-order valence-corrected chi connectivity index (χ4v) is 3.86. The van der Waals surface area contributed by atoms with Crippen molar-refractivity contribution in [2.75, 3.05) is 31.6 Å². The predicted molar refractivity (Wildman–Crippen MR) is 83.8 cm³/mol. The zero-order valence-corrected chi connectivity index (χ0v) is 12.8. The van der Waals surface area contributed by atoms with Crippen molar-refractivity contribution >= 4 is 11.8 Å². The SMILES string of the molecule is CCCNC(Cc1ccccn1)C1CSCCN1C. The third-order valence-corrected chi connectivity index (χ3v) is 4.77. The quantitative estimate of drug-likeness (QED) is 0.862. The number of nitrogens with one attached hydrogen (secondary N) is 1. The number of nitrogens with zero attached hydrogens (tertiary/aromatic N) is 2. The molecule has 0 saturated carbocycles. The Hall–Kier alpha value is -0.580. The average Bonchev–Trinajstić information content (AvgIpc) is 2.45. The number of likely N-dealkylation sites (N-methyl/N-ethyl adjacent to an activating group) is 1. The molecule has 4 heteroatoms. The van der Waals surface area contributed by atoms with E-state index >= 15 is 0 Å².